The molecular formula is C24H19F3N4O6S. The number of carbonyl (C=O) groups excluding carboxylic acids is 2. The first-order valence-electron chi connectivity index (χ1n) is 10.7. The number of anilines is 1. The smallest absolute Gasteiger partial charge is 0.433 e. The largest absolute Gasteiger partial charge is 0.493 e. The molecule has 0 spiro atoms. The number of amides is 1. The Kier molecular flexibility index (Phi) is 6.84. The molecule has 0 unspecified atom stereocenters. The lowest BCUT2D eigenvalue weighted by molar-refractivity contribution is -0.142. The number of ketones is 1. The van der Waals surface area contributed by atoms with Crippen molar-refractivity contribution < 1.29 is 42.1 Å². The van der Waals surface area contributed by atoms with Gasteiger partial charge < -0.3 is 19.9 Å². The Hall–Kier alpha value is -4.46. The second-order valence-corrected chi connectivity index (χ2v) is 8.99. The number of fused-ring (bicyclic) bond motifs is 1. The molecule has 2 N–H and O–H groups in total. The van der Waals surface area contributed by atoms with Gasteiger partial charge in [0.1, 0.15) is 5.00 Å². The molecule has 0 aliphatic carbocycles. The van der Waals surface area contributed by atoms with Gasteiger partial charge in [0.15, 0.2) is 34.3 Å². The summed E-state index contributed by atoms with van der Waals surface area (Å²) >= 11 is 0.751. The van der Waals surface area contributed by atoms with Crippen molar-refractivity contribution in [2.45, 2.75) is 20.0 Å². The molecule has 0 saturated heterocycles. The van der Waals surface area contributed by atoms with Crippen molar-refractivity contribution >= 4 is 39.6 Å². The van der Waals surface area contributed by atoms with Gasteiger partial charge in [-0.05, 0) is 43.7 Å². The predicted octanol–water partition coefficient (Wildman–Crippen LogP) is 4.96. The van der Waals surface area contributed by atoms with E-state index in [4.69, 9.17) is 9.47 Å². The number of aromatic carboxylic acids is 1. The number of carbonyl (C=O) groups is 3. The number of carboxylic acids is 1. The number of hydrogen-bond donors (Lipinski definition) is 2. The van der Waals surface area contributed by atoms with Gasteiger partial charge in [-0.25, -0.2) is 14.3 Å². The molecule has 14 heteroatoms. The number of halogens is 3. The van der Waals surface area contributed by atoms with Crippen molar-refractivity contribution in [2.75, 3.05) is 19.5 Å². The lowest BCUT2D eigenvalue weighted by Gasteiger charge is -2.12. The fourth-order valence-electron chi connectivity index (χ4n) is 3.79. The first-order valence-corrected chi connectivity index (χ1v) is 11.6. The number of ether oxygens (including phenoxy) is 2. The van der Waals surface area contributed by atoms with Crippen LogP contribution in [0.15, 0.2) is 30.3 Å². The average molecular weight is 548 g/mol. The molecule has 0 aliphatic heterocycles. The van der Waals surface area contributed by atoms with Gasteiger partial charge in [-0.2, -0.15) is 18.3 Å². The third-order valence-electron chi connectivity index (χ3n) is 5.54. The van der Waals surface area contributed by atoms with Gasteiger partial charge in [0.05, 0.1) is 30.4 Å². The number of Topliss-reactive ketones (excluding diaryl/α,β-unsaturated/α-hetero) is 1. The molecule has 1 aromatic carbocycles. The number of aromatic nitrogens is 3. The zero-order valence-corrected chi connectivity index (χ0v) is 21.1. The van der Waals surface area contributed by atoms with E-state index in [-0.39, 0.29) is 38.1 Å². The van der Waals surface area contributed by atoms with Gasteiger partial charge in [0, 0.05) is 11.6 Å². The maximum atomic E-state index is 14.0. The summed E-state index contributed by atoms with van der Waals surface area (Å²) in [5.41, 5.74) is -1.81. The Labute approximate surface area is 216 Å². The van der Waals surface area contributed by atoms with E-state index in [1.807, 2.05) is 0 Å². The molecule has 0 bridgehead atoms. The van der Waals surface area contributed by atoms with Crippen LogP contribution in [-0.2, 0) is 6.18 Å². The zero-order chi connectivity index (χ0) is 27.9. The van der Waals surface area contributed by atoms with Crippen molar-refractivity contribution in [1.82, 2.24) is 14.6 Å². The third kappa shape index (κ3) is 4.77. The summed E-state index contributed by atoms with van der Waals surface area (Å²) in [6.07, 6.45) is -4.86. The van der Waals surface area contributed by atoms with Crippen LogP contribution in [-0.4, -0.2) is 51.6 Å². The lowest BCUT2D eigenvalue weighted by atomic mass is 10.1. The van der Waals surface area contributed by atoms with E-state index in [2.05, 4.69) is 15.4 Å². The highest BCUT2D eigenvalue weighted by Crippen LogP contribution is 2.36. The fraction of sp³-hybridized carbons (Fsp3) is 0.208. The molecule has 3 aromatic heterocycles. The van der Waals surface area contributed by atoms with Crippen LogP contribution in [0.1, 0.15) is 48.7 Å². The van der Waals surface area contributed by atoms with Gasteiger partial charge >= 0.3 is 12.1 Å². The Bertz CT molecular complexity index is 1610. The van der Waals surface area contributed by atoms with Crippen LogP contribution in [0.4, 0.5) is 18.2 Å². The Morgan fingerprint density at radius 2 is 1.76 bits per heavy atom. The van der Waals surface area contributed by atoms with Crippen molar-refractivity contribution in [3.63, 3.8) is 0 Å². The van der Waals surface area contributed by atoms with Gasteiger partial charge in [-0.3, -0.25) is 9.59 Å². The molecular weight excluding hydrogens is 529 g/mol. The summed E-state index contributed by atoms with van der Waals surface area (Å²) in [6, 6.07) is 6.31. The molecule has 3 heterocycles. The molecule has 4 aromatic rings. The molecule has 10 nitrogen and oxygen atoms in total. The van der Waals surface area contributed by atoms with Gasteiger partial charge in [-0.15, -0.1) is 11.3 Å². The van der Waals surface area contributed by atoms with E-state index < -0.39 is 35.2 Å². The second-order valence-electron chi connectivity index (χ2n) is 7.97. The molecule has 0 aliphatic rings. The van der Waals surface area contributed by atoms with E-state index >= 15 is 0 Å². The number of nitrogens with zero attached hydrogens (tertiary/aromatic N) is 3. The molecule has 198 valence electrons. The molecule has 0 saturated carbocycles. The Morgan fingerprint density at radius 1 is 1.08 bits per heavy atom. The fourth-order valence-corrected chi connectivity index (χ4v) is 4.88. The maximum absolute atomic E-state index is 14.0. The molecule has 38 heavy (non-hydrogen) atoms. The van der Waals surface area contributed by atoms with Gasteiger partial charge in [0.2, 0.25) is 0 Å². The monoisotopic (exact) mass is 548 g/mol. The number of methoxy groups -OCH3 is 2. The number of benzene rings is 1. The molecule has 1 amide bonds. The summed E-state index contributed by atoms with van der Waals surface area (Å²) in [5.74, 6) is -2.11. The lowest BCUT2D eigenvalue weighted by Crippen LogP contribution is -2.16. The van der Waals surface area contributed by atoms with Crippen molar-refractivity contribution in [2.24, 2.45) is 0 Å². The van der Waals surface area contributed by atoms with E-state index in [0.717, 1.165) is 23.5 Å². The van der Waals surface area contributed by atoms with Crippen LogP contribution >= 0.6 is 11.3 Å². The number of hydrogen-bond acceptors (Lipinski definition) is 8. The molecule has 4 rings (SSSR count). The SMILES string of the molecule is COc1ccc(-c2cc(C(F)(F)F)n3nc(C(=O)Nc4sc(C(C)=O)c(C)c4C(=O)O)cc3n2)cc1OC. The third-order valence-corrected chi connectivity index (χ3v) is 6.85. The minimum atomic E-state index is -4.86. The topological polar surface area (TPSA) is 132 Å². The molecule has 0 radical (unpaired) electrons. The number of rotatable bonds is 7. The Morgan fingerprint density at radius 3 is 2.34 bits per heavy atom. The zero-order valence-electron chi connectivity index (χ0n) is 20.3. The molecule has 0 fully saturated rings. The van der Waals surface area contributed by atoms with Crippen LogP contribution in [0.25, 0.3) is 16.9 Å². The number of carboxylic acid groups (broad SMARTS) is 1. The van der Waals surface area contributed by atoms with E-state index in [9.17, 15) is 32.7 Å². The van der Waals surface area contributed by atoms with E-state index in [1.54, 1.807) is 0 Å². The minimum absolute atomic E-state index is 0.0641. The average Bonchev–Trinajstić information content (AvgIpc) is 3.43. The van der Waals surface area contributed by atoms with Crippen molar-refractivity contribution in [3.8, 4) is 22.8 Å². The van der Waals surface area contributed by atoms with Crippen LogP contribution < -0.4 is 14.8 Å². The van der Waals surface area contributed by atoms with Crippen LogP contribution in [0.3, 0.4) is 0 Å². The number of thiophene rings is 1. The second kappa shape index (κ2) is 9.78. The van der Waals surface area contributed by atoms with Crippen molar-refractivity contribution in [1.29, 1.82) is 0 Å². The highest BCUT2D eigenvalue weighted by atomic mass is 32.1. The predicted molar refractivity (Wildman–Crippen MR) is 131 cm³/mol. The molecule has 0 atom stereocenters. The first-order chi connectivity index (χ1) is 17.8. The van der Waals surface area contributed by atoms with Gasteiger partial charge in [-0.1, -0.05) is 0 Å². The number of nitrogens with one attached hydrogen (secondary N) is 1. The minimum Gasteiger partial charge on any atom is -0.493 e. The van der Waals surface area contributed by atoms with Crippen molar-refractivity contribution in [3.05, 3.63) is 57.7 Å². The Balaban J connectivity index is 1.80. The summed E-state index contributed by atoms with van der Waals surface area (Å²) in [4.78, 5) is 40.9. The standard InChI is InChI=1S/C24H19F3N4O6S/c1-10-19(23(34)35)22(38-20(10)11(2)32)29-21(33)14-9-18-28-13(8-17(24(25,26)27)31(18)30-14)12-5-6-15(36-3)16(7-12)37-4/h5-9H,1-4H3,(H,29,33)(H,34,35). The van der Waals surface area contributed by atoms with Crippen LogP contribution in [0.5, 0.6) is 11.5 Å². The van der Waals surface area contributed by atoms with Crippen LogP contribution in [0.2, 0.25) is 0 Å². The van der Waals surface area contributed by atoms with E-state index in [1.165, 1.54) is 46.3 Å². The summed E-state index contributed by atoms with van der Waals surface area (Å²) in [6.45, 7) is 2.67. The summed E-state index contributed by atoms with van der Waals surface area (Å²) in [7, 11) is 2.80. The first kappa shape index (κ1) is 26.6. The highest BCUT2D eigenvalue weighted by molar-refractivity contribution is 7.18. The quantitative estimate of drug-likeness (QED) is 0.310. The summed E-state index contributed by atoms with van der Waals surface area (Å²) in [5, 5.41) is 15.5. The van der Waals surface area contributed by atoms with E-state index in [0.29, 0.717) is 15.8 Å². The van der Waals surface area contributed by atoms with Gasteiger partial charge in [0.25, 0.3) is 5.91 Å². The van der Waals surface area contributed by atoms with Crippen LogP contribution in [0, 0.1) is 6.92 Å². The maximum Gasteiger partial charge on any atom is 0.433 e. The normalized spacial score (nSPS) is 11.4. The number of alkyl halides is 3. The highest BCUT2D eigenvalue weighted by Gasteiger charge is 2.36. The summed E-state index contributed by atoms with van der Waals surface area (Å²) < 4.78 is 52.8.